The molecule has 102 valence electrons. The lowest BCUT2D eigenvalue weighted by molar-refractivity contribution is 0.475. The van der Waals surface area contributed by atoms with Gasteiger partial charge < -0.3 is 10.4 Å². The van der Waals surface area contributed by atoms with Crippen molar-refractivity contribution in [3.8, 4) is 5.75 Å². The van der Waals surface area contributed by atoms with E-state index in [1.54, 1.807) is 42.6 Å². The van der Waals surface area contributed by atoms with Crippen LogP contribution in [0.25, 0.3) is 0 Å². The predicted octanol–water partition coefficient (Wildman–Crippen LogP) is 3.37. The first kappa shape index (κ1) is 14.3. The molecule has 0 bridgehead atoms. The molecule has 4 nitrogen and oxygen atoms in total. The summed E-state index contributed by atoms with van der Waals surface area (Å²) in [5, 5.41) is 17.2. The molecule has 0 heterocycles. The van der Waals surface area contributed by atoms with Gasteiger partial charge in [0, 0.05) is 10.7 Å². The van der Waals surface area contributed by atoms with Gasteiger partial charge in [-0.05, 0) is 66.3 Å². The Morgan fingerprint density at radius 1 is 1.10 bits per heavy atom. The number of benzene rings is 2. The first-order valence-corrected chi connectivity index (χ1v) is 6.57. The molecule has 0 atom stereocenters. The second kappa shape index (κ2) is 6.88. The first-order chi connectivity index (χ1) is 9.63. The summed E-state index contributed by atoms with van der Waals surface area (Å²) in [4.78, 5) is 0. The van der Waals surface area contributed by atoms with Gasteiger partial charge in [0.1, 0.15) is 5.75 Å². The molecule has 0 amide bonds. The van der Waals surface area contributed by atoms with Crippen molar-refractivity contribution in [3.05, 3.63) is 59.1 Å². The summed E-state index contributed by atoms with van der Waals surface area (Å²) in [6.07, 6.45) is 1.61. The smallest absolute Gasteiger partial charge is 0.191 e. The molecular weight excluding hydrogens is 294 g/mol. The lowest BCUT2D eigenvalue weighted by atomic mass is 10.2. The third-order valence-electron chi connectivity index (χ3n) is 2.37. The van der Waals surface area contributed by atoms with Crippen LogP contribution in [0.5, 0.6) is 5.75 Å². The van der Waals surface area contributed by atoms with Crippen LogP contribution in [0.4, 0.5) is 5.69 Å². The maximum Gasteiger partial charge on any atom is 0.191 e. The van der Waals surface area contributed by atoms with Crippen molar-refractivity contribution in [2.24, 2.45) is 5.10 Å². The Kier molecular flexibility index (Phi) is 4.92. The van der Waals surface area contributed by atoms with Gasteiger partial charge >= 0.3 is 0 Å². The quantitative estimate of drug-likeness (QED) is 0.462. The largest absolute Gasteiger partial charge is 0.508 e. The molecule has 6 heteroatoms. The Morgan fingerprint density at radius 3 is 2.40 bits per heavy atom. The number of nitrogens with zero attached hydrogens (tertiary/aromatic N) is 1. The van der Waals surface area contributed by atoms with Gasteiger partial charge in [0.25, 0.3) is 0 Å². The predicted molar refractivity (Wildman–Crippen MR) is 86.5 cm³/mol. The monoisotopic (exact) mass is 305 g/mol. The van der Waals surface area contributed by atoms with Crippen LogP contribution in [-0.4, -0.2) is 16.4 Å². The molecule has 0 aliphatic carbocycles. The molecule has 0 saturated heterocycles. The Hall–Kier alpha value is -2.11. The number of halogens is 1. The van der Waals surface area contributed by atoms with Crippen molar-refractivity contribution in [2.45, 2.75) is 0 Å². The maximum atomic E-state index is 9.15. The molecule has 0 fully saturated rings. The Morgan fingerprint density at radius 2 is 1.75 bits per heavy atom. The molecule has 2 aromatic rings. The summed E-state index contributed by atoms with van der Waals surface area (Å²) < 4.78 is 0. The van der Waals surface area contributed by atoms with Crippen LogP contribution in [-0.2, 0) is 0 Å². The second-order valence-corrected chi connectivity index (χ2v) is 4.77. The van der Waals surface area contributed by atoms with E-state index >= 15 is 0 Å². The summed E-state index contributed by atoms with van der Waals surface area (Å²) in [6.45, 7) is 0. The molecule has 0 radical (unpaired) electrons. The normalized spacial score (nSPS) is 10.4. The zero-order valence-corrected chi connectivity index (χ0v) is 11.9. The van der Waals surface area contributed by atoms with Crippen molar-refractivity contribution in [2.75, 3.05) is 5.32 Å². The third-order valence-corrected chi connectivity index (χ3v) is 2.82. The first-order valence-electron chi connectivity index (χ1n) is 5.78. The topological polar surface area (TPSA) is 56.7 Å². The average Bonchev–Trinajstić information content (AvgIpc) is 2.44. The number of anilines is 1. The Bertz CT molecular complexity index is 611. The summed E-state index contributed by atoms with van der Waals surface area (Å²) in [5.41, 5.74) is 4.38. The molecule has 0 spiro atoms. The van der Waals surface area contributed by atoms with Gasteiger partial charge in [0.2, 0.25) is 0 Å². The van der Waals surface area contributed by atoms with Crippen molar-refractivity contribution in [1.82, 2.24) is 5.43 Å². The number of phenols is 1. The van der Waals surface area contributed by atoms with Gasteiger partial charge in [-0.3, -0.25) is 5.43 Å². The van der Waals surface area contributed by atoms with Crippen LogP contribution in [0.3, 0.4) is 0 Å². The number of hydrogen-bond donors (Lipinski definition) is 3. The number of hydrazone groups is 1. The molecule has 20 heavy (non-hydrogen) atoms. The highest BCUT2D eigenvalue weighted by atomic mass is 35.5. The van der Waals surface area contributed by atoms with Gasteiger partial charge in [0.15, 0.2) is 5.11 Å². The summed E-state index contributed by atoms with van der Waals surface area (Å²) in [5.74, 6) is 0.218. The van der Waals surface area contributed by atoms with Crippen LogP contribution in [0.2, 0.25) is 5.02 Å². The second-order valence-electron chi connectivity index (χ2n) is 3.92. The van der Waals surface area contributed by atoms with Gasteiger partial charge in [-0.15, -0.1) is 0 Å². The molecule has 0 saturated carbocycles. The summed E-state index contributed by atoms with van der Waals surface area (Å²) >= 11 is 10.9. The van der Waals surface area contributed by atoms with Crippen LogP contribution in [0.1, 0.15) is 5.56 Å². The molecule has 0 aromatic heterocycles. The van der Waals surface area contributed by atoms with Crippen LogP contribution in [0.15, 0.2) is 53.6 Å². The number of hydrogen-bond acceptors (Lipinski definition) is 3. The fraction of sp³-hybridized carbons (Fsp3) is 0. The standard InChI is InChI=1S/C14H12ClN3OS/c15-11-3-5-12(6-4-11)17-14(20)18-16-9-10-1-7-13(19)8-2-10/h1-9,19H,(H2,17,18,20). The van der Waals surface area contributed by atoms with E-state index in [0.717, 1.165) is 11.3 Å². The molecule has 0 aliphatic heterocycles. The molecule has 2 rings (SSSR count). The van der Waals surface area contributed by atoms with Crippen LogP contribution < -0.4 is 10.7 Å². The molecule has 3 N–H and O–H groups in total. The average molecular weight is 306 g/mol. The third kappa shape index (κ3) is 4.53. The van der Waals surface area contributed by atoms with Gasteiger partial charge in [0.05, 0.1) is 6.21 Å². The number of thiocarbonyl (C=S) groups is 1. The lowest BCUT2D eigenvalue weighted by Crippen LogP contribution is -2.23. The van der Waals surface area contributed by atoms with Crippen LogP contribution >= 0.6 is 23.8 Å². The summed E-state index contributed by atoms with van der Waals surface area (Å²) in [6, 6.07) is 13.8. The van der Waals surface area contributed by atoms with Gasteiger partial charge in [-0.2, -0.15) is 5.10 Å². The fourth-order valence-electron chi connectivity index (χ4n) is 1.42. The molecular formula is C14H12ClN3OS. The minimum atomic E-state index is 0.218. The fourth-order valence-corrected chi connectivity index (χ4v) is 1.71. The zero-order chi connectivity index (χ0) is 14.4. The van der Waals surface area contributed by atoms with E-state index in [2.05, 4.69) is 15.8 Å². The van der Waals surface area contributed by atoms with Crippen molar-refractivity contribution in [1.29, 1.82) is 0 Å². The zero-order valence-electron chi connectivity index (χ0n) is 10.4. The highest BCUT2D eigenvalue weighted by Crippen LogP contribution is 2.13. The van der Waals surface area contributed by atoms with E-state index in [9.17, 15) is 0 Å². The van der Waals surface area contributed by atoms with Crippen molar-refractivity contribution < 1.29 is 5.11 Å². The van der Waals surface area contributed by atoms with E-state index in [0.29, 0.717) is 10.1 Å². The molecule has 0 unspecified atom stereocenters. The minimum absolute atomic E-state index is 0.218. The van der Waals surface area contributed by atoms with E-state index in [1.165, 1.54) is 0 Å². The number of phenolic OH excluding ortho intramolecular Hbond substituents is 1. The number of aromatic hydroxyl groups is 1. The molecule has 2 aromatic carbocycles. The summed E-state index contributed by atoms with van der Waals surface area (Å²) in [7, 11) is 0. The Labute approximate surface area is 127 Å². The van der Waals surface area contributed by atoms with Crippen molar-refractivity contribution >= 4 is 40.8 Å². The van der Waals surface area contributed by atoms with Gasteiger partial charge in [-0.25, -0.2) is 0 Å². The lowest BCUT2D eigenvalue weighted by Gasteiger charge is -2.06. The maximum absolute atomic E-state index is 9.15. The highest BCUT2D eigenvalue weighted by Gasteiger charge is 1.96. The number of nitrogens with one attached hydrogen (secondary N) is 2. The van der Waals surface area contributed by atoms with E-state index in [-0.39, 0.29) is 5.75 Å². The Balaban J connectivity index is 1.85. The number of rotatable bonds is 3. The van der Waals surface area contributed by atoms with E-state index in [1.807, 2.05) is 12.1 Å². The van der Waals surface area contributed by atoms with E-state index < -0.39 is 0 Å². The van der Waals surface area contributed by atoms with E-state index in [4.69, 9.17) is 28.9 Å². The molecule has 0 aliphatic rings. The van der Waals surface area contributed by atoms with Gasteiger partial charge in [-0.1, -0.05) is 11.6 Å². The minimum Gasteiger partial charge on any atom is -0.508 e. The van der Waals surface area contributed by atoms with Crippen LogP contribution in [0, 0.1) is 0 Å². The SMILES string of the molecule is Oc1ccc(C=NNC(=S)Nc2ccc(Cl)cc2)cc1. The van der Waals surface area contributed by atoms with Crippen molar-refractivity contribution in [3.63, 3.8) is 0 Å². The highest BCUT2D eigenvalue weighted by molar-refractivity contribution is 7.80.